The Morgan fingerprint density at radius 1 is 0.788 bits per heavy atom. The third kappa shape index (κ3) is 5.98. The van der Waals surface area contributed by atoms with Crippen LogP contribution in [0.3, 0.4) is 0 Å². The van der Waals surface area contributed by atoms with Gasteiger partial charge in [-0.3, -0.25) is 14.4 Å². The Hall–Kier alpha value is -4.13. The van der Waals surface area contributed by atoms with Crippen molar-refractivity contribution in [1.29, 1.82) is 0 Å². The number of amides is 3. The number of hydrogen-bond donors (Lipinski definition) is 4. The fraction of sp³-hybridized carbons (Fsp3) is 0.192. The van der Waals surface area contributed by atoms with Crippen LogP contribution in [0.25, 0.3) is 0 Å². The molecular weight excluding hydrogens is 416 g/mol. The zero-order chi connectivity index (χ0) is 23.2. The van der Waals surface area contributed by atoms with E-state index in [0.717, 1.165) is 24.1 Å². The van der Waals surface area contributed by atoms with E-state index in [1.54, 1.807) is 36.4 Å². The standard InChI is InChI=1S/C26H26N4O3/c1-17-11-14-20(29-25(32)18-12-13-18)15-23(17)27-16-24(31)30-22-10-6-5-9-21(22)26(33)28-19-7-3-2-4-8-19/h2-11,14-15,18,27H,12-13,16H2,1H3,(H,28,33)(H,29,32)(H,30,31). The van der Waals surface area contributed by atoms with Gasteiger partial charge in [0.2, 0.25) is 11.8 Å². The van der Waals surface area contributed by atoms with Crippen molar-refractivity contribution in [3.8, 4) is 0 Å². The topological polar surface area (TPSA) is 99.3 Å². The van der Waals surface area contributed by atoms with Crippen LogP contribution >= 0.6 is 0 Å². The molecule has 168 valence electrons. The van der Waals surface area contributed by atoms with Crippen LogP contribution in [-0.4, -0.2) is 24.3 Å². The number of para-hydroxylation sites is 2. The zero-order valence-corrected chi connectivity index (χ0v) is 18.4. The Balaban J connectivity index is 1.37. The minimum absolute atomic E-state index is 0.00943. The molecule has 1 saturated carbocycles. The zero-order valence-electron chi connectivity index (χ0n) is 18.4. The lowest BCUT2D eigenvalue weighted by Gasteiger charge is -2.14. The molecule has 0 unspecified atom stereocenters. The van der Waals surface area contributed by atoms with Gasteiger partial charge >= 0.3 is 0 Å². The molecule has 0 radical (unpaired) electrons. The van der Waals surface area contributed by atoms with Crippen molar-refractivity contribution in [2.45, 2.75) is 19.8 Å². The van der Waals surface area contributed by atoms with Crippen molar-refractivity contribution in [1.82, 2.24) is 0 Å². The summed E-state index contributed by atoms with van der Waals surface area (Å²) in [5.74, 6) is -0.442. The van der Waals surface area contributed by atoms with Crippen LogP contribution < -0.4 is 21.3 Å². The van der Waals surface area contributed by atoms with E-state index in [1.165, 1.54) is 0 Å². The summed E-state index contributed by atoms with van der Waals surface area (Å²) < 4.78 is 0. The van der Waals surface area contributed by atoms with Gasteiger partial charge < -0.3 is 21.3 Å². The molecule has 0 aromatic heterocycles. The van der Waals surface area contributed by atoms with Crippen LogP contribution in [0.5, 0.6) is 0 Å². The molecule has 4 N–H and O–H groups in total. The van der Waals surface area contributed by atoms with Gasteiger partial charge in [0, 0.05) is 23.0 Å². The monoisotopic (exact) mass is 442 g/mol. The second-order valence-corrected chi connectivity index (χ2v) is 8.06. The van der Waals surface area contributed by atoms with Gasteiger partial charge in [0.1, 0.15) is 0 Å². The first kappa shape index (κ1) is 22.1. The molecule has 0 spiro atoms. The lowest BCUT2D eigenvalue weighted by atomic mass is 10.1. The first-order valence-electron chi connectivity index (χ1n) is 10.9. The van der Waals surface area contributed by atoms with Crippen LogP contribution in [0.4, 0.5) is 22.7 Å². The minimum Gasteiger partial charge on any atom is -0.376 e. The summed E-state index contributed by atoms with van der Waals surface area (Å²) in [7, 11) is 0. The van der Waals surface area contributed by atoms with Crippen molar-refractivity contribution < 1.29 is 14.4 Å². The molecule has 0 atom stereocenters. The molecule has 0 bridgehead atoms. The van der Waals surface area contributed by atoms with E-state index in [1.807, 2.05) is 43.3 Å². The number of carbonyl (C=O) groups excluding carboxylic acids is 3. The third-order valence-corrected chi connectivity index (χ3v) is 5.37. The molecule has 0 saturated heterocycles. The number of nitrogens with one attached hydrogen (secondary N) is 4. The lowest BCUT2D eigenvalue weighted by molar-refractivity contribution is -0.117. The SMILES string of the molecule is Cc1ccc(NC(=O)C2CC2)cc1NCC(=O)Nc1ccccc1C(=O)Nc1ccccc1. The fourth-order valence-corrected chi connectivity index (χ4v) is 3.36. The molecule has 3 amide bonds. The molecule has 1 aliphatic carbocycles. The molecule has 3 aromatic rings. The maximum Gasteiger partial charge on any atom is 0.257 e. The second-order valence-electron chi connectivity index (χ2n) is 8.06. The largest absolute Gasteiger partial charge is 0.376 e. The van der Waals surface area contributed by atoms with Crippen LogP contribution in [0, 0.1) is 12.8 Å². The average molecular weight is 443 g/mol. The first-order valence-corrected chi connectivity index (χ1v) is 10.9. The van der Waals surface area contributed by atoms with Crippen molar-refractivity contribution in [2.75, 3.05) is 27.8 Å². The average Bonchev–Trinajstić information content (AvgIpc) is 3.66. The summed E-state index contributed by atoms with van der Waals surface area (Å²) in [6, 6.07) is 21.6. The maximum atomic E-state index is 12.7. The molecule has 7 nitrogen and oxygen atoms in total. The van der Waals surface area contributed by atoms with Crippen molar-refractivity contribution in [2.24, 2.45) is 5.92 Å². The van der Waals surface area contributed by atoms with Crippen molar-refractivity contribution >= 4 is 40.5 Å². The highest BCUT2D eigenvalue weighted by Crippen LogP contribution is 2.30. The van der Waals surface area contributed by atoms with E-state index in [-0.39, 0.29) is 30.2 Å². The van der Waals surface area contributed by atoms with Crippen LogP contribution in [0.1, 0.15) is 28.8 Å². The Labute approximate surface area is 192 Å². The Morgan fingerprint density at radius 3 is 2.27 bits per heavy atom. The number of anilines is 4. The van der Waals surface area contributed by atoms with Crippen LogP contribution in [0.2, 0.25) is 0 Å². The highest BCUT2D eigenvalue weighted by atomic mass is 16.2. The molecule has 7 heteroatoms. The third-order valence-electron chi connectivity index (χ3n) is 5.37. The number of carbonyl (C=O) groups is 3. The molecule has 0 aliphatic heterocycles. The van der Waals surface area contributed by atoms with Crippen molar-refractivity contribution in [3.63, 3.8) is 0 Å². The van der Waals surface area contributed by atoms with E-state index >= 15 is 0 Å². The Bertz CT molecular complexity index is 1170. The highest BCUT2D eigenvalue weighted by Gasteiger charge is 2.29. The second kappa shape index (κ2) is 9.99. The molecule has 33 heavy (non-hydrogen) atoms. The quantitative estimate of drug-likeness (QED) is 0.408. The normalized spacial score (nSPS) is 12.5. The fourth-order valence-electron chi connectivity index (χ4n) is 3.36. The van der Waals surface area contributed by atoms with E-state index < -0.39 is 0 Å². The summed E-state index contributed by atoms with van der Waals surface area (Å²) in [6.07, 6.45) is 1.88. The molecule has 4 rings (SSSR count). The summed E-state index contributed by atoms with van der Waals surface area (Å²) in [6.45, 7) is 1.94. The molecule has 3 aromatic carbocycles. The number of hydrogen-bond acceptors (Lipinski definition) is 4. The summed E-state index contributed by atoms with van der Waals surface area (Å²) >= 11 is 0. The predicted octanol–water partition coefficient (Wildman–Crippen LogP) is 4.65. The molecule has 1 fully saturated rings. The van der Waals surface area contributed by atoms with Gasteiger partial charge in [0.15, 0.2) is 0 Å². The Kier molecular flexibility index (Phi) is 6.69. The van der Waals surface area contributed by atoms with Gasteiger partial charge in [0.05, 0.1) is 17.8 Å². The number of aryl methyl sites for hydroxylation is 1. The lowest BCUT2D eigenvalue weighted by Crippen LogP contribution is -2.24. The van der Waals surface area contributed by atoms with Gasteiger partial charge in [-0.15, -0.1) is 0 Å². The van der Waals surface area contributed by atoms with Gasteiger partial charge in [-0.05, 0) is 61.7 Å². The summed E-state index contributed by atoms with van der Waals surface area (Å²) in [5, 5.41) is 11.7. The van der Waals surface area contributed by atoms with Crippen molar-refractivity contribution in [3.05, 3.63) is 83.9 Å². The van der Waals surface area contributed by atoms with E-state index in [2.05, 4.69) is 21.3 Å². The predicted molar refractivity (Wildman–Crippen MR) is 130 cm³/mol. The van der Waals surface area contributed by atoms with Gasteiger partial charge in [0.25, 0.3) is 5.91 Å². The summed E-state index contributed by atoms with van der Waals surface area (Å²) in [5.41, 5.74) is 3.89. The van der Waals surface area contributed by atoms with E-state index in [0.29, 0.717) is 22.6 Å². The minimum atomic E-state index is -0.306. The van der Waals surface area contributed by atoms with Gasteiger partial charge in [-0.25, -0.2) is 0 Å². The maximum absolute atomic E-state index is 12.7. The van der Waals surface area contributed by atoms with Gasteiger partial charge in [-0.2, -0.15) is 0 Å². The van der Waals surface area contributed by atoms with Crippen LogP contribution in [0.15, 0.2) is 72.8 Å². The van der Waals surface area contributed by atoms with E-state index in [4.69, 9.17) is 0 Å². The highest BCUT2D eigenvalue weighted by molar-refractivity contribution is 6.10. The van der Waals surface area contributed by atoms with Crippen LogP contribution in [-0.2, 0) is 9.59 Å². The number of rotatable bonds is 8. The smallest absolute Gasteiger partial charge is 0.257 e. The summed E-state index contributed by atoms with van der Waals surface area (Å²) in [4.78, 5) is 37.3. The molecular formula is C26H26N4O3. The number of benzene rings is 3. The van der Waals surface area contributed by atoms with Gasteiger partial charge in [-0.1, -0.05) is 36.4 Å². The first-order chi connectivity index (χ1) is 16.0. The molecule has 0 heterocycles. The Morgan fingerprint density at radius 2 is 1.52 bits per heavy atom. The molecule has 1 aliphatic rings. The van der Waals surface area contributed by atoms with E-state index in [9.17, 15) is 14.4 Å².